The number of hydrogen-bond acceptors (Lipinski definition) is 6. The van der Waals surface area contributed by atoms with Crippen molar-refractivity contribution in [3.63, 3.8) is 0 Å². The van der Waals surface area contributed by atoms with E-state index in [0.29, 0.717) is 42.6 Å². The number of rotatable bonds is 7. The summed E-state index contributed by atoms with van der Waals surface area (Å²) >= 11 is 5.33. The van der Waals surface area contributed by atoms with Crippen LogP contribution in [0.2, 0.25) is 0 Å². The number of fused-ring (bicyclic) bond motifs is 1. The van der Waals surface area contributed by atoms with Crippen LogP contribution >= 0.6 is 12.2 Å². The zero-order chi connectivity index (χ0) is 20.9. The molecule has 9 heteroatoms. The van der Waals surface area contributed by atoms with Crippen LogP contribution in [-0.4, -0.2) is 41.0 Å². The fourth-order valence-electron chi connectivity index (χ4n) is 3.19. The van der Waals surface area contributed by atoms with Crippen LogP contribution in [0.4, 0.5) is 0 Å². The van der Waals surface area contributed by atoms with E-state index in [1.807, 2.05) is 47.0 Å². The minimum atomic E-state index is -0.0753. The third-order valence-electron chi connectivity index (χ3n) is 4.77. The minimum absolute atomic E-state index is 0.0753. The molecule has 0 spiro atoms. The van der Waals surface area contributed by atoms with E-state index in [2.05, 4.69) is 15.5 Å². The van der Waals surface area contributed by atoms with Gasteiger partial charge in [-0.2, -0.15) is 5.10 Å². The van der Waals surface area contributed by atoms with E-state index in [0.717, 1.165) is 22.6 Å². The Balaban J connectivity index is 1.36. The Bertz CT molecular complexity index is 1090. The highest BCUT2D eigenvalue weighted by molar-refractivity contribution is 7.71. The lowest BCUT2D eigenvalue weighted by molar-refractivity contribution is -0.121. The molecule has 0 bridgehead atoms. The monoisotopic (exact) mass is 426 g/mol. The topological polar surface area (TPSA) is 90.4 Å². The molecule has 2 aromatic carbocycles. The highest BCUT2D eigenvalue weighted by Gasteiger charge is 2.13. The second-order valence-corrected chi connectivity index (χ2v) is 7.12. The van der Waals surface area contributed by atoms with Gasteiger partial charge in [0.1, 0.15) is 19.0 Å². The zero-order valence-corrected chi connectivity index (χ0v) is 17.3. The van der Waals surface area contributed by atoms with Gasteiger partial charge in [-0.05, 0) is 54.2 Å². The lowest BCUT2D eigenvalue weighted by atomic mass is 10.2. The quantitative estimate of drug-likeness (QED) is 0.565. The predicted octanol–water partition coefficient (Wildman–Crippen LogP) is 3.09. The van der Waals surface area contributed by atoms with Gasteiger partial charge in [-0.1, -0.05) is 6.07 Å². The number of ether oxygens (including phenoxy) is 3. The molecule has 1 amide bonds. The van der Waals surface area contributed by atoms with Gasteiger partial charge >= 0.3 is 0 Å². The van der Waals surface area contributed by atoms with E-state index in [1.54, 1.807) is 7.11 Å². The average Bonchev–Trinajstić information content (AvgIpc) is 3.16. The molecule has 8 nitrogen and oxygen atoms in total. The molecule has 2 heterocycles. The Morgan fingerprint density at radius 1 is 1.20 bits per heavy atom. The summed E-state index contributed by atoms with van der Waals surface area (Å²) in [5.74, 6) is 2.81. The van der Waals surface area contributed by atoms with Crippen molar-refractivity contribution in [2.24, 2.45) is 0 Å². The van der Waals surface area contributed by atoms with Crippen LogP contribution in [0.15, 0.2) is 42.5 Å². The summed E-state index contributed by atoms with van der Waals surface area (Å²) in [6, 6.07) is 13.2. The third kappa shape index (κ3) is 4.46. The molecule has 0 saturated heterocycles. The first-order valence-electron chi connectivity index (χ1n) is 9.59. The number of amides is 1. The van der Waals surface area contributed by atoms with Gasteiger partial charge < -0.3 is 19.5 Å². The molecule has 0 saturated carbocycles. The maximum Gasteiger partial charge on any atom is 0.222 e. The van der Waals surface area contributed by atoms with Gasteiger partial charge in [0, 0.05) is 25.1 Å². The Morgan fingerprint density at radius 3 is 2.73 bits per heavy atom. The summed E-state index contributed by atoms with van der Waals surface area (Å²) in [5.41, 5.74) is 1.84. The third-order valence-corrected chi connectivity index (χ3v) is 5.08. The summed E-state index contributed by atoms with van der Waals surface area (Å²) in [6.45, 7) is 1.92. The van der Waals surface area contributed by atoms with Gasteiger partial charge in [0.15, 0.2) is 22.1 Å². The summed E-state index contributed by atoms with van der Waals surface area (Å²) in [5, 5.41) is 10.0. The van der Waals surface area contributed by atoms with Crippen LogP contribution in [0.25, 0.3) is 11.4 Å². The number of aromatic amines is 1. The van der Waals surface area contributed by atoms with Crippen LogP contribution < -0.4 is 19.5 Å². The van der Waals surface area contributed by atoms with Crippen molar-refractivity contribution in [2.75, 3.05) is 20.3 Å². The molecule has 0 aliphatic carbocycles. The molecule has 0 atom stereocenters. The number of H-pyrrole nitrogens is 1. The van der Waals surface area contributed by atoms with Gasteiger partial charge in [0.25, 0.3) is 0 Å². The van der Waals surface area contributed by atoms with Gasteiger partial charge in [-0.3, -0.25) is 14.5 Å². The van der Waals surface area contributed by atoms with E-state index >= 15 is 0 Å². The SMILES string of the molecule is COc1ccc(-c2n[nH]c(=S)n2CCC(=O)NCc2ccc3c(c2)OCCO3)cc1. The molecule has 2 N–H and O–H groups in total. The molecule has 1 aliphatic rings. The van der Waals surface area contributed by atoms with Crippen LogP contribution in [-0.2, 0) is 17.9 Å². The number of aromatic nitrogens is 3. The maximum absolute atomic E-state index is 12.4. The number of nitrogens with one attached hydrogen (secondary N) is 2. The highest BCUT2D eigenvalue weighted by atomic mass is 32.1. The molecule has 0 unspecified atom stereocenters. The summed E-state index contributed by atoms with van der Waals surface area (Å²) in [7, 11) is 1.62. The highest BCUT2D eigenvalue weighted by Crippen LogP contribution is 2.30. The van der Waals surface area contributed by atoms with Crippen molar-refractivity contribution in [3.05, 3.63) is 52.8 Å². The Labute approximate surface area is 178 Å². The fourth-order valence-corrected chi connectivity index (χ4v) is 3.41. The molecular formula is C21H22N4O4S. The summed E-state index contributed by atoms with van der Waals surface area (Å²) in [4.78, 5) is 12.4. The Morgan fingerprint density at radius 2 is 1.97 bits per heavy atom. The number of nitrogens with zero attached hydrogens (tertiary/aromatic N) is 2. The molecule has 1 aromatic heterocycles. The number of carbonyl (C=O) groups excluding carboxylic acids is 1. The Hall–Kier alpha value is -3.33. The first-order valence-corrected chi connectivity index (χ1v) is 10.00. The van der Waals surface area contributed by atoms with E-state index < -0.39 is 0 Å². The molecule has 1 aliphatic heterocycles. The molecule has 3 aromatic rings. The van der Waals surface area contributed by atoms with E-state index in [4.69, 9.17) is 26.4 Å². The normalized spacial score (nSPS) is 12.4. The van der Waals surface area contributed by atoms with Crippen LogP contribution in [0, 0.1) is 4.77 Å². The summed E-state index contributed by atoms with van der Waals surface area (Å²) < 4.78 is 18.6. The molecule has 0 fully saturated rings. The largest absolute Gasteiger partial charge is 0.497 e. The van der Waals surface area contributed by atoms with Gasteiger partial charge in [-0.15, -0.1) is 0 Å². The van der Waals surface area contributed by atoms with Crippen molar-refractivity contribution in [1.82, 2.24) is 20.1 Å². The first kappa shape index (κ1) is 20.0. The van der Waals surface area contributed by atoms with Gasteiger partial charge in [0.2, 0.25) is 5.91 Å². The van der Waals surface area contributed by atoms with Crippen LogP contribution in [0.5, 0.6) is 17.2 Å². The maximum atomic E-state index is 12.4. The summed E-state index contributed by atoms with van der Waals surface area (Å²) in [6.07, 6.45) is 0.279. The number of hydrogen-bond donors (Lipinski definition) is 2. The fraction of sp³-hybridized carbons (Fsp3) is 0.286. The second-order valence-electron chi connectivity index (χ2n) is 6.74. The van der Waals surface area contributed by atoms with Gasteiger partial charge in [-0.25, -0.2) is 0 Å². The van der Waals surface area contributed by atoms with Crippen LogP contribution in [0.3, 0.4) is 0 Å². The van der Waals surface area contributed by atoms with Gasteiger partial charge in [0.05, 0.1) is 7.11 Å². The lowest BCUT2D eigenvalue weighted by Gasteiger charge is -2.19. The van der Waals surface area contributed by atoms with Crippen molar-refractivity contribution < 1.29 is 19.0 Å². The minimum Gasteiger partial charge on any atom is -0.497 e. The van der Waals surface area contributed by atoms with Crippen molar-refractivity contribution in [3.8, 4) is 28.6 Å². The van der Waals surface area contributed by atoms with Crippen molar-refractivity contribution in [2.45, 2.75) is 19.5 Å². The van der Waals surface area contributed by atoms with Crippen molar-refractivity contribution in [1.29, 1.82) is 0 Å². The molecule has 156 valence electrons. The average molecular weight is 426 g/mol. The lowest BCUT2D eigenvalue weighted by Crippen LogP contribution is -2.24. The zero-order valence-electron chi connectivity index (χ0n) is 16.5. The van der Waals surface area contributed by atoms with Crippen LogP contribution in [0.1, 0.15) is 12.0 Å². The predicted molar refractivity (Wildman–Crippen MR) is 113 cm³/mol. The molecule has 4 rings (SSSR count). The van der Waals surface area contributed by atoms with E-state index in [9.17, 15) is 4.79 Å². The van der Waals surface area contributed by atoms with Crippen molar-refractivity contribution >= 4 is 18.1 Å². The smallest absolute Gasteiger partial charge is 0.222 e. The molecule has 30 heavy (non-hydrogen) atoms. The molecular weight excluding hydrogens is 404 g/mol. The van der Waals surface area contributed by atoms with E-state index in [-0.39, 0.29) is 12.3 Å². The molecule has 0 radical (unpaired) electrons. The first-order chi connectivity index (χ1) is 14.6. The Kier molecular flexibility index (Phi) is 5.99. The second kappa shape index (κ2) is 9.00. The number of carbonyl (C=O) groups is 1. The number of methoxy groups -OCH3 is 1. The van der Waals surface area contributed by atoms with E-state index in [1.165, 1.54) is 0 Å². The standard InChI is InChI=1S/C21H22N4O4S/c1-27-16-5-3-15(4-6-16)20-23-24-21(30)25(20)9-8-19(26)22-13-14-2-7-17-18(12-14)29-11-10-28-17/h2-7,12H,8-11,13H2,1H3,(H,22,26)(H,24,30). The number of benzene rings is 2.